The van der Waals surface area contributed by atoms with Crippen LogP contribution in [-0.2, 0) is 30.0 Å². The van der Waals surface area contributed by atoms with Gasteiger partial charge >= 0.3 is 0 Å². The minimum absolute atomic E-state index is 0.163. The Kier molecular flexibility index (Phi) is 4.96. The van der Waals surface area contributed by atoms with Gasteiger partial charge in [0.1, 0.15) is 0 Å². The lowest BCUT2D eigenvalue weighted by Gasteiger charge is -2.10. The standard InChI is InChI=1S/C18H20N4O2S/c1-3-14-6-8-17(9-7-14)25(23,24)21-12-15-5-4-10-19-18(15)16-11-20-22(2)13-16/h4-11,13,21H,3,12H2,1-2H3. The Bertz CT molecular complexity index is 963. The van der Waals surface area contributed by atoms with E-state index in [0.717, 1.165) is 28.8 Å². The average Bonchev–Trinajstić information content (AvgIpc) is 3.06. The molecule has 2 heterocycles. The first-order valence-electron chi connectivity index (χ1n) is 8.01. The van der Waals surface area contributed by atoms with Crippen molar-refractivity contribution in [2.45, 2.75) is 24.8 Å². The van der Waals surface area contributed by atoms with Crippen molar-refractivity contribution < 1.29 is 8.42 Å². The molecule has 130 valence electrons. The zero-order valence-electron chi connectivity index (χ0n) is 14.2. The Morgan fingerprint density at radius 2 is 1.92 bits per heavy atom. The first-order chi connectivity index (χ1) is 12.0. The molecule has 0 aliphatic carbocycles. The van der Waals surface area contributed by atoms with Gasteiger partial charge in [0.2, 0.25) is 10.0 Å². The van der Waals surface area contributed by atoms with Crippen LogP contribution in [0.15, 0.2) is 59.9 Å². The van der Waals surface area contributed by atoms with Gasteiger partial charge in [-0.15, -0.1) is 0 Å². The molecule has 0 saturated carbocycles. The molecule has 25 heavy (non-hydrogen) atoms. The number of aryl methyl sites for hydroxylation is 2. The second-order valence-electron chi connectivity index (χ2n) is 5.74. The van der Waals surface area contributed by atoms with E-state index < -0.39 is 10.0 Å². The first kappa shape index (κ1) is 17.3. The van der Waals surface area contributed by atoms with Crippen LogP contribution in [0.3, 0.4) is 0 Å². The number of nitrogens with zero attached hydrogens (tertiary/aromatic N) is 3. The lowest BCUT2D eigenvalue weighted by atomic mass is 10.1. The van der Waals surface area contributed by atoms with Crippen molar-refractivity contribution in [2.24, 2.45) is 7.05 Å². The predicted molar refractivity (Wildman–Crippen MR) is 96.3 cm³/mol. The molecule has 1 N–H and O–H groups in total. The minimum Gasteiger partial charge on any atom is -0.275 e. The van der Waals surface area contributed by atoms with Crippen LogP contribution in [-0.4, -0.2) is 23.2 Å². The number of pyridine rings is 1. The van der Waals surface area contributed by atoms with E-state index in [-0.39, 0.29) is 11.4 Å². The monoisotopic (exact) mass is 356 g/mol. The van der Waals surface area contributed by atoms with E-state index in [0.29, 0.717) is 0 Å². The van der Waals surface area contributed by atoms with Crippen LogP contribution >= 0.6 is 0 Å². The highest BCUT2D eigenvalue weighted by atomic mass is 32.2. The maximum atomic E-state index is 12.5. The summed E-state index contributed by atoms with van der Waals surface area (Å²) < 4.78 is 29.4. The highest BCUT2D eigenvalue weighted by molar-refractivity contribution is 7.89. The van der Waals surface area contributed by atoms with Gasteiger partial charge in [-0.25, -0.2) is 13.1 Å². The molecule has 0 saturated heterocycles. The van der Waals surface area contributed by atoms with Crippen molar-refractivity contribution in [3.8, 4) is 11.3 Å². The van der Waals surface area contributed by atoms with E-state index in [1.54, 1.807) is 35.3 Å². The molecular weight excluding hydrogens is 336 g/mol. The molecule has 3 rings (SSSR count). The zero-order chi connectivity index (χ0) is 17.9. The highest BCUT2D eigenvalue weighted by Crippen LogP contribution is 2.21. The summed E-state index contributed by atoms with van der Waals surface area (Å²) in [5.41, 5.74) is 3.47. The van der Waals surface area contributed by atoms with Crippen LogP contribution in [0.2, 0.25) is 0 Å². The summed E-state index contributed by atoms with van der Waals surface area (Å²) in [5, 5.41) is 4.14. The Labute approximate surface area is 147 Å². The van der Waals surface area contributed by atoms with Gasteiger partial charge < -0.3 is 0 Å². The summed E-state index contributed by atoms with van der Waals surface area (Å²) in [6.45, 7) is 2.19. The lowest BCUT2D eigenvalue weighted by Crippen LogP contribution is -2.23. The Morgan fingerprint density at radius 1 is 1.16 bits per heavy atom. The van der Waals surface area contributed by atoms with Crippen LogP contribution in [0.5, 0.6) is 0 Å². The number of rotatable bonds is 6. The normalized spacial score (nSPS) is 11.6. The maximum Gasteiger partial charge on any atom is 0.240 e. The van der Waals surface area contributed by atoms with Crippen molar-refractivity contribution >= 4 is 10.0 Å². The van der Waals surface area contributed by atoms with E-state index >= 15 is 0 Å². The Balaban J connectivity index is 1.81. The van der Waals surface area contributed by atoms with Gasteiger partial charge in [-0.2, -0.15) is 5.10 Å². The smallest absolute Gasteiger partial charge is 0.240 e. The largest absolute Gasteiger partial charge is 0.275 e. The van der Waals surface area contributed by atoms with E-state index in [4.69, 9.17) is 0 Å². The van der Waals surface area contributed by atoms with Crippen LogP contribution in [0.25, 0.3) is 11.3 Å². The van der Waals surface area contributed by atoms with Crippen LogP contribution < -0.4 is 4.72 Å². The number of nitrogens with one attached hydrogen (secondary N) is 1. The third kappa shape index (κ3) is 3.94. The third-order valence-corrected chi connectivity index (χ3v) is 5.38. The van der Waals surface area contributed by atoms with Gasteiger partial charge in [0.05, 0.1) is 16.8 Å². The fourth-order valence-electron chi connectivity index (χ4n) is 2.55. The highest BCUT2D eigenvalue weighted by Gasteiger charge is 2.15. The second kappa shape index (κ2) is 7.16. The Morgan fingerprint density at radius 3 is 2.56 bits per heavy atom. The number of hydrogen-bond acceptors (Lipinski definition) is 4. The SMILES string of the molecule is CCc1ccc(S(=O)(=O)NCc2cccnc2-c2cnn(C)c2)cc1. The molecule has 0 bridgehead atoms. The molecular formula is C18H20N4O2S. The van der Waals surface area contributed by atoms with Gasteiger partial charge in [-0.1, -0.05) is 25.1 Å². The van der Waals surface area contributed by atoms with Crippen LogP contribution in [0.4, 0.5) is 0 Å². The molecule has 0 amide bonds. The molecule has 6 nitrogen and oxygen atoms in total. The van der Waals surface area contributed by atoms with E-state index in [1.807, 2.05) is 38.4 Å². The van der Waals surface area contributed by atoms with Crippen molar-refractivity contribution in [1.29, 1.82) is 0 Å². The minimum atomic E-state index is -3.58. The topological polar surface area (TPSA) is 76.9 Å². The van der Waals surface area contributed by atoms with Crippen molar-refractivity contribution in [3.63, 3.8) is 0 Å². The molecule has 1 aromatic carbocycles. The maximum absolute atomic E-state index is 12.5. The lowest BCUT2D eigenvalue weighted by molar-refractivity contribution is 0.581. The molecule has 0 unspecified atom stereocenters. The molecule has 0 spiro atoms. The predicted octanol–water partition coefficient (Wildman–Crippen LogP) is 2.52. The van der Waals surface area contributed by atoms with E-state index in [2.05, 4.69) is 14.8 Å². The van der Waals surface area contributed by atoms with Gasteiger partial charge in [-0.05, 0) is 35.7 Å². The van der Waals surface area contributed by atoms with Crippen LogP contribution in [0.1, 0.15) is 18.1 Å². The first-order valence-corrected chi connectivity index (χ1v) is 9.49. The molecule has 0 fully saturated rings. The second-order valence-corrected chi connectivity index (χ2v) is 7.50. The number of hydrogen-bond donors (Lipinski definition) is 1. The van der Waals surface area contributed by atoms with Crippen LogP contribution in [0, 0.1) is 0 Å². The third-order valence-electron chi connectivity index (χ3n) is 3.96. The molecule has 2 aromatic heterocycles. The average molecular weight is 356 g/mol. The summed E-state index contributed by atoms with van der Waals surface area (Å²) in [5.74, 6) is 0. The molecule has 0 aliphatic heterocycles. The summed E-state index contributed by atoms with van der Waals surface area (Å²) in [7, 11) is -1.75. The number of benzene rings is 1. The van der Waals surface area contributed by atoms with Gasteiger partial charge in [0.25, 0.3) is 0 Å². The summed E-state index contributed by atoms with van der Waals surface area (Å²) in [6, 6.07) is 10.6. The van der Waals surface area contributed by atoms with Gasteiger partial charge in [0.15, 0.2) is 0 Å². The van der Waals surface area contributed by atoms with E-state index in [1.165, 1.54) is 0 Å². The van der Waals surface area contributed by atoms with Gasteiger partial charge in [0, 0.05) is 31.5 Å². The zero-order valence-corrected chi connectivity index (χ0v) is 15.0. The molecule has 0 atom stereocenters. The van der Waals surface area contributed by atoms with E-state index in [9.17, 15) is 8.42 Å². The fourth-order valence-corrected chi connectivity index (χ4v) is 3.55. The van der Waals surface area contributed by atoms with Gasteiger partial charge in [-0.3, -0.25) is 9.67 Å². The van der Waals surface area contributed by atoms with Crippen molar-refractivity contribution in [3.05, 3.63) is 66.1 Å². The summed E-state index contributed by atoms with van der Waals surface area (Å²) in [4.78, 5) is 4.63. The fraction of sp³-hybridized carbons (Fsp3) is 0.222. The molecule has 7 heteroatoms. The summed E-state index contributed by atoms with van der Waals surface area (Å²) in [6.07, 6.45) is 6.12. The van der Waals surface area contributed by atoms with Crippen molar-refractivity contribution in [1.82, 2.24) is 19.5 Å². The molecule has 0 aliphatic rings. The quantitative estimate of drug-likeness (QED) is 0.736. The summed E-state index contributed by atoms with van der Waals surface area (Å²) >= 11 is 0. The number of sulfonamides is 1. The Hall–Kier alpha value is -2.51. The van der Waals surface area contributed by atoms with Crippen molar-refractivity contribution in [2.75, 3.05) is 0 Å². The molecule has 3 aromatic rings. The number of aromatic nitrogens is 3. The molecule has 0 radical (unpaired) electrons.